The molecule has 106 valence electrons. The van der Waals surface area contributed by atoms with Gasteiger partial charge in [0.1, 0.15) is 11.5 Å². The number of anilines is 1. The number of carbonyl (C=O) groups excluding carboxylic acids is 1. The lowest BCUT2D eigenvalue weighted by Gasteiger charge is -2.24. The third kappa shape index (κ3) is 4.69. The smallest absolute Gasteiger partial charge is 0.274 e. The standard InChI is InChI=1S/C13H20ClN3O2/c1-9(2)8-17(6-7-19-3)13(18)12-10(14)4-5-11(15)16-12/h4-5,9H,6-8H2,1-3H3,(H2,15,16). The van der Waals surface area contributed by atoms with Crippen molar-refractivity contribution in [3.8, 4) is 0 Å². The van der Waals surface area contributed by atoms with Gasteiger partial charge in [0.05, 0.1) is 11.6 Å². The molecule has 1 aromatic rings. The van der Waals surface area contributed by atoms with Crippen LogP contribution in [-0.4, -0.2) is 42.6 Å². The molecule has 0 aromatic carbocycles. The van der Waals surface area contributed by atoms with Crippen LogP contribution in [0.1, 0.15) is 24.3 Å². The second kappa shape index (κ2) is 7.31. The minimum atomic E-state index is -0.219. The van der Waals surface area contributed by atoms with E-state index in [0.717, 1.165) is 0 Å². The van der Waals surface area contributed by atoms with Gasteiger partial charge >= 0.3 is 0 Å². The van der Waals surface area contributed by atoms with E-state index in [2.05, 4.69) is 4.98 Å². The Morgan fingerprint density at radius 3 is 2.79 bits per heavy atom. The number of amides is 1. The number of ether oxygens (including phenoxy) is 1. The fourth-order valence-electron chi connectivity index (χ4n) is 1.67. The van der Waals surface area contributed by atoms with Gasteiger partial charge in [-0.2, -0.15) is 0 Å². The first-order valence-corrected chi connectivity index (χ1v) is 6.53. The molecule has 0 saturated carbocycles. The monoisotopic (exact) mass is 285 g/mol. The molecule has 0 atom stereocenters. The van der Waals surface area contributed by atoms with Crippen molar-refractivity contribution in [2.75, 3.05) is 32.5 Å². The summed E-state index contributed by atoms with van der Waals surface area (Å²) in [6, 6.07) is 3.15. The van der Waals surface area contributed by atoms with E-state index in [1.54, 1.807) is 24.1 Å². The molecule has 1 amide bonds. The highest BCUT2D eigenvalue weighted by atomic mass is 35.5. The molecule has 0 fully saturated rings. The molecule has 19 heavy (non-hydrogen) atoms. The van der Waals surface area contributed by atoms with E-state index in [9.17, 15) is 4.79 Å². The van der Waals surface area contributed by atoms with Gasteiger partial charge in [-0.05, 0) is 18.1 Å². The van der Waals surface area contributed by atoms with E-state index in [1.165, 1.54) is 0 Å². The normalized spacial score (nSPS) is 10.8. The summed E-state index contributed by atoms with van der Waals surface area (Å²) < 4.78 is 5.02. The van der Waals surface area contributed by atoms with Crippen LogP contribution >= 0.6 is 11.6 Å². The van der Waals surface area contributed by atoms with Gasteiger partial charge in [-0.1, -0.05) is 25.4 Å². The van der Waals surface area contributed by atoms with Gasteiger partial charge in [-0.15, -0.1) is 0 Å². The number of pyridine rings is 1. The van der Waals surface area contributed by atoms with Gasteiger partial charge in [0.15, 0.2) is 0 Å². The predicted molar refractivity (Wildman–Crippen MR) is 76.3 cm³/mol. The molecule has 0 radical (unpaired) electrons. The van der Waals surface area contributed by atoms with Crippen molar-refractivity contribution in [2.45, 2.75) is 13.8 Å². The molecule has 0 spiro atoms. The van der Waals surface area contributed by atoms with Crippen LogP contribution in [-0.2, 0) is 4.74 Å². The van der Waals surface area contributed by atoms with Crippen LogP contribution < -0.4 is 5.73 Å². The number of hydrogen-bond donors (Lipinski definition) is 1. The summed E-state index contributed by atoms with van der Waals surface area (Å²) in [5, 5.41) is 0.311. The Kier molecular flexibility index (Phi) is 6.05. The number of hydrogen-bond acceptors (Lipinski definition) is 4. The minimum absolute atomic E-state index is 0.193. The van der Waals surface area contributed by atoms with Gasteiger partial charge in [0, 0.05) is 20.2 Å². The lowest BCUT2D eigenvalue weighted by molar-refractivity contribution is 0.0667. The zero-order chi connectivity index (χ0) is 14.4. The van der Waals surface area contributed by atoms with E-state index in [1.807, 2.05) is 13.8 Å². The molecule has 0 aliphatic rings. The molecule has 1 rings (SSSR count). The Hall–Kier alpha value is -1.33. The first-order chi connectivity index (χ1) is 8.95. The highest BCUT2D eigenvalue weighted by Gasteiger charge is 2.20. The lowest BCUT2D eigenvalue weighted by Crippen LogP contribution is -2.37. The SMILES string of the molecule is COCCN(CC(C)C)C(=O)c1nc(N)ccc1Cl. The molecule has 0 aliphatic carbocycles. The van der Waals surface area contributed by atoms with Crippen LogP contribution in [0.3, 0.4) is 0 Å². The van der Waals surface area contributed by atoms with Gasteiger partial charge in [0.2, 0.25) is 0 Å². The molecular formula is C13H20ClN3O2. The summed E-state index contributed by atoms with van der Waals surface area (Å²) in [4.78, 5) is 18.1. The lowest BCUT2D eigenvalue weighted by atomic mass is 10.2. The van der Waals surface area contributed by atoms with Crippen molar-refractivity contribution in [2.24, 2.45) is 5.92 Å². The van der Waals surface area contributed by atoms with Gasteiger partial charge in [0.25, 0.3) is 5.91 Å². The summed E-state index contributed by atoms with van der Waals surface area (Å²) in [6.45, 7) is 5.68. The Bertz CT molecular complexity index is 438. The third-order valence-corrected chi connectivity index (χ3v) is 2.81. The van der Waals surface area contributed by atoms with E-state index < -0.39 is 0 Å². The van der Waals surface area contributed by atoms with Gasteiger partial charge < -0.3 is 15.4 Å². The van der Waals surface area contributed by atoms with E-state index >= 15 is 0 Å². The number of methoxy groups -OCH3 is 1. The highest BCUT2D eigenvalue weighted by molar-refractivity contribution is 6.33. The van der Waals surface area contributed by atoms with E-state index in [-0.39, 0.29) is 17.4 Å². The first-order valence-electron chi connectivity index (χ1n) is 6.16. The number of carbonyl (C=O) groups is 1. The zero-order valence-corrected chi connectivity index (χ0v) is 12.3. The Labute approximate surface area is 118 Å². The number of halogens is 1. The largest absolute Gasteiger partial charge is 0.384 e. The van der Waals surface area contributed by atoms with E-state index in [0.29, 0.717) is 30.6 Å². The average molecular weight is 286 g/mol. The van der Waals surface area contributed by atoms with E-state index in [4.69, 9.17) is 22.1 Å². The molecule has 0 aliphatic heterocycles. The van der Waals surface area contributed by atoms with Crippen molar-refractivity contribution in [1.29, 1.82) is 0 Å². The number of nitrogens with two attached hydrogens (primary N) is 1. The minimum Gasteiger partial charge on any atom is -0.384 e. The molecule has 0 unspecified atom stereocenters. The molecule has 0 saturated heterocycles. The second-order valence-corrected chi connectivity index (χ2v) is 5.11. The maximum Gasteiger partial charge on any atom is 0.274 e. The number of nitrogen functional groups attached to an aromatic ring is 1. The van der Waals surface area contributed by atoms with Crippen LogP contribution in [0.25, 0.3) is 0 Å². The summed E-state index contributed by atoms with van der Waals surface area (Å²) in [7, 11) is 1.60. The third-order valence-electron chi connectivity index (χ3n) is 2.51. The van der Waals surface area contributed by atoms with Crippen LogP contribution in [0.2, 0.25) is 5.02 Å². The Morgan fingerprint density at radius 2 is 2.21 bits per heavy atom. The number of rotatable bonds is 6. The van der Waals surface area contributed by atoms with Gasteiger partial charge in [-0.25, -0.2) is 4.98 Å². The number of nitrogens with zero attached hydrogens (tertiary/aromatic N) is 2. The molecule has 5 nitrogen and oxygen atoms in total. The maximum absolute atomic E-state index is 12.4. The Morgan fingerprint density at radius 1 is 1.53 bits per heavy atom. The van der Waals surface area contributed by atoms with Crippen molar-refractivity contribution < 1.29 is 9.53 Å². The van der Waals surface area contributed by atoms with Crippen molar-refractivity contribution in [3.05, 3.63) is 22.8 Å². The maximum atomic E-state index is 12.4. The molecule has 2 N–H and O–H groups in total. The number of aromatic nitrogens is 1. The summed E-state index contributed by atoms with van der Waals surface area (Å²) in [6.07, 6.45) is 0. The second-order valence-electron chi connectivity index (χ2n) is 4.70. The topological polar surface area (TPSA) is 68.5 Å². The average Bonchev–Trinajstić information content (AvgIpc) is 2.36. The molecule has 1 aromatic heterocycles. The molecular weight excluding hydrogens is 266 g/mol. The predicted octanol–water partition coefficient (Wildman–Crippen LogP) is 2.06. The summed E-state index contributed by atoms with van der Waals surface area (Å²) in [5.41, 5.74) is 5.79. The van der Waals surface area contributed by atoms with Crippen LogP contribution in [0.15, 0.2) is 12.1 Å². The van der Waals surface area contributed by atoms with Crippen molar-refractivity contribution in [1.82, 2.24) is 9.88 Å². The first kappa shape index (κ1) is 15.7. The summed E-state index contributed by atoms with van der Waals surface area (Å²) in [5.74, 6) is 0.410. The van der Waals surface area contributed by atoms with Crippen LogP contribution in [0.5, 0.6) is 0 Å². The highest BCUT2D eigenvalue weighted by Crippen LogP contribution is 2.17. The van der Waals surface area contributed by atoms with Crippen LogP contribution in [0.4, 0.5) is 5.82 Å². The molecule has 1 heterocycles. The molecule has 0 bridgehead atoms. The van der Waals surface area contributed by atoms with Crippen LogP contribution in [0, 0.1) is 5.92 Å². The fourth-order valence-corrected chi connectivity index (χ4v) is 1.86. The molecule has 6 heteroatoms. The van der Waals surface area contributed by atoms with Crippen molar-refractivity contribution >= 4 is 23.3 Å². The summed E-state index contributed by atoms with van der Waals surface area (Å²) >= 11 is 6.01. The zero-order valence-electron chi connectivity index (χ0n) is 11.5. The van der Waals surface area contributed by atoms with Gasteiger partial charge in [-0.3, -0.25) is 4.79 Å². The quantitative estimate of drug-likeness (QED) is 0.869. The Balaban J connectivity index is 2.93. The fraction of sp³-hybridized carbons (Fsp3) is 0.538. The van der Waals surface area contributed by atoms with Crippen molar-refractivity contribution in [3.63, 3.8) is 0 Å².